The number of thioether (sulfide) groups is 1. The first-order valence-electron chi connectivity index (χ1n) is 4.76. The van der Waals surface area contributed by atoms with Crippen molar-refractivity contribution in [3.63, 3.8) is 0 Å². The fourth-order valence-electron chi connectivity index (χ4n) is 1.34. The minimum absolute atomic E-state index is 0.0853. The minimum Gasteiger partial charge on any atom is -0.336 e. The molecule has 76 valence electrons. The Morgan fingerprint density at radius 1 is 1.62 bits per heavy atom. The molecule has 2 amide bonds. The minimum atomic E-state index is 0.0853. The standard InChI is InChI=1S/C9H18N2OS/c1-7(2)10-9(12)11-4-5-13-8(3)6-11/h7-8H,4-6H2,1-3H3,(H,10,12). The van der Waals surface area contributed by atoms with Gasteiger partial charge in [-0.05, 0) is 13.8 Å². The van der Waals surface area contributed by atoms with Crippen molar-refractivity contribution in [2.75, 3.05) is 18.8 Å². The van der Waals surface area contributed by atoms with Crippen LogP contribution in [0.1, 0.15) is 20.8 Å². The molecule has 4 heteroatoms. The van der Waals surface area contributed by atoms with Gasteiger partial charge in [0.1, 0.15) is 0 Å². The second kappa shape index (κ2) is 4.74. The van der Waals surface area contributed by atoms with Crippen molar-refractivity contribution in [3.05, 3.63) is 0 Å². The number of carbonyl (C=O) groups excluding carboxylic acids is 1. The van der Waals surface area contributed by atoms with E-state index < -0.39 is 0 Å². The zero-order chi connectivity index (χ0) is 9.84. The van der Waals surface area contributed by atoms with E-state index in [1.165, 1.54) is 0 Å². The summed E-state index contributed by atoms with van der Waals surface area (Å²) in [5.74, 6) is 1.06. The van der Waals surface area contributed by atoms with Crippen molar-refractivity contribution in [1.82, 2.24) is 10.2 Å². The van der Waals surface area contributed by atoms with Crippen molar-refractivity contribution in [2.45, 2.75) is 32.1 Å². The highest BCUT2D eigenvalue weighted by Crippen LogP contribution is 2.17. The number of amides is 2. The number of rotatable bonds is 1. The number of carbonyl (C=O) groups is 1. The van der Waals surface area contributed by atoms with Gasteiger partial charge in [0.15, 0.2) is 0 Å². The lowest BCUT2D eigenvalue weighted by molar-refractivity contribution is 0.197. The van der Waals surface area contributed by atoms with Crippen LogP contribution in [-0.2, 0) is 0 Å². The highest BCUT2D eigenvalue weighted by Gasteiger charge is 2.21. The van der Waals surface area contributed by atoms with E-state index in [4.69, 9.17) is 0 Å². The molecule has 0 aliphatic carbocycles. The third kappa shape index (κ3) is 3.46. The number of nitrogens with zero attached hydrogens (tertiary/aromatic N) is 1. The summed E-state index contributed by atoms with van der Waals surface area (Å²) < 4.78 is 0. The topological polar surface area (TPSA) is 32.3 Å². The number of hydrogen-bond acceptors (Lipinski definition) is 2. The summed E-state index contributed by atoms with van der Waals surface area (Å²) in [4.78, 5) is 13.5. The van der Waals surface area contributed by atoms with Crippen LogP contribution in [0, 0.1) is 0 Å². The molecule has 1 saturated heterocycles. The zero-order valence-corrected chi connectivity index (χ0v) is 9.36. The number of hydrogen-bond donors (Lipinski definition) is 1. The molecule has 1 atom stereocenters. The van der Waals surface area contributed by atoms with E-state index in [1.807, 2.05) is 30.5 Å². The molecule has 1 rings (SSSR count). The molecule has 0 radical (unpaired) electrons. The molecule has 0 aromatic heterocycles. The molecule has 1 aliphatic rings. The molecule has 13 heavy (non-hydrogen) atoms. The normalized spacial score (nSPS) is 23.4. The second-order valence-electron chi connectivity index (χ2n) is 3.73. The predicted molar refractivity (Wildman–Crippen MR) is 57.2 cm³/mol. The van der Waals surface area contributed by atoms with E-state index in [0.29, 0.717) is 5.25 Å². The third-order valence-corrected chi connectivity index (χ3v) is 3.08. The molecule has 0 aromatic carbocycles. The van der Waals surface area contributed by atoms with Crippen LogP contribution >= 0.6 is 11.8 Å². The summed E-state index contributed by atoms with van der Waals surface area (Å²) in [6.07, 6.45) is 0. The van der Waals surface area contributed by atoms with Crippen molar-refractivity contribution >= 4 is 17.8 Å². The van der Waals surface area contributed by atoms with Crippen LogP contribution < -0.4 is 5.32 Å². The van der Waals surface area contributed by atoms with Gasteiger partial charge in [0.25, 0.3) is 0 Å². The van der Waals surface area contributed by atoms with Gasteiger partial charge in [-0.15, -0.1) is 0 Å². The van der Waals surface area contributed by atoms with Crippen LogP contribution in [0.4, 0.5) is 4.79 Å². The summed E-state index contributed by atoms with van der Waals surface area (Å²) in [5.41, 5.74) is 0. The lowest BCUT2D eigenvalue weighted by atomic mass is 10.4. The maximum atomic E-state index is 11.6. The molecule has 0 bridgehead atoms. The van der Waals surface area contributed by atoms with Gasteiger partial charge in [0, 0.05) is 30.1 Å². The SMILES string of the molecule is CC(C)NC(=O)N1CCSC(C)C1. The van der Waals surface area contributed by atoms with Gasteiger partial charge in [0.2, 0.25) is 0 Å². The van der Waals surface area contributed by atoms with Gasteiger partial charge < -0.3 is 10.2 Å². The number of urea groups is 1. The molecular formula is C9H18N2OS. The Hall–Kier alpha value is -0.380. The van der Waals surface area contributed by atoms with Crippen molar-refractivity contribution in [3.8, 4) is 0 Å². The van der Waals surface area contributed by atoms with Crippen LogP contribution in [0.3, 0.4) is 0 Å². The fourth-order valence-corrected chi connectivity index (χ4v) is 2.35. The first-order valence-corrected chi connectivity index (χ1v) is 5.81. The van der Waals surface area contributed by atoms with E-state index in [-0.39, 0.29) is 12.1 Å². The van der Waals surface area contributed by atoms with Crippen LogP contribution in [0.2, 0.25) is 0 Å². The summed E-state index contributed by atoms with van der Waals surface area (Å²) >= 11 is 1.94. The van der Waals surface area contributed by atoms with E-state index >= 15 is 0 Å². The summed E-state index contributed by atoms with van der Waals surface area (Å²) in [6, 6.07) is 0.319. The van der Waals surface area contributed by atoms with Crippen molar-refractivity contribution in [2.24, 2.45) is 0 Å². The van der Waals surface area contributed by atoms with Crippen LogP contribution in [0.25, 0.3) is 0 Å². The summed E-state index contributed by atoms with van der Waals surface area (Å²) in [7, 11) is 0. The summed E-state index contributed by atoms with van der Waals surface area (Å²) in [5, 5.41) is 3.49. The van der Waals surface area contributed by atoms with Gasteiger partial charge in [-0.3, -0.25) is 0 Å². The molecular weight excluding hydrogens is 184 g/mol. The van der Waals surface area contributed by atoms with E-state index in [0.717, 1.165) is 18.8 Å². The molecule has 0 spiro atoms. The average molecular weight is 202 g/mol. The van der Waals surface area contributed by atoms with Crippen LogP contribution in [0.15, 0.2) is 0 Å². The highest BCUT2D eigenvalue weighted by atomic mass is 32.2. The fraction of sp³-hybridized carbons (Fsp3) is 0.889. The van der Waals surface area contributed by atoms with Gasteiger partial charge in [-0.1, -0.05) is 6.92 Å². The molecule has 1 fully saturated rings. The van der Waals surface area contributed by atoms with Crippen LogP contribution in [0.5, 0.6) is 0 Å². The van der Waals surface area contributed by atoms with E-state index in [2.05, 4.69) is 12.2 Å². The first-order chi connectivity index (χ1) is 6.09. The Balaban J connectivity index is 2.37. The summed E-state index contributed by atoms with van der Waals surface area (Å²) in [6.45, 7) is 7.90. The van der Waals surface area contributed by atoms with E-state index in [9.17, 15) is 4.79 Å². The number of nitrogens with one attached hydrogen (secondary N) is 1. The Bertz CT molecular complexity index is 184. The smallest absolute Gasteiger partial charge is 0.317 e. The molecule has 0 aromatic rings. The molecule has 1 unspecified atom stereocenters. The second-order valence-corrected chi connectivity index (χ2v) is 5.28. The maximum Gasteiger partial charge on any atom is 0.317 e. The monoisotopic (exact) mass is 202 g/mol. The molecule has 1 N–H and O–H groups in total. The largest absolute Gasteiger partial charge is 0.336 e. The lowest BCUT2D eigenvalue weighted by Crippen LogP contribution is -2.48. The Morgan fingerprint density at radius 2 is 2.31 bits per heavy atom. The van der Waals surface area contributed by atoms with Crippen molar-refractivity contribution < 1.29 is 4.79 Å². The quantitative estimate of drug-likeness (QED) is 0.699. The Labute approximate surface area is 84.2 Å². The third-order valence-electron chi connectivity index (χ3n) is 1.94. The highest BCUT2D eigenvalue weighted by molar-refractivity contribution is 7.99. The van der Waals surface area contributed by atoms with E-state index in [1.54, 1.807) is 0 Å². The molecule has 0 saturated carbocycles. The molecule has 1 heterocycles. The van der Waals surface area contributed by atoms with Gasteiger partial charge >= 0.3 is 6.03 Å². The van der Waals surface area contributed by atoms with Crippen LogP contribution in [-0.4, -0.2) is 41.1 Å². The van der Waals surface area contributed by atoms with Crippen molar-refractivity contribution in [1.29, 1.82) is 0 Å². The average Bonchev–Trinajstić information content (AvgIpc) is 2.03. The lowest BCUT2D eigenvalue weighted by Gasteiger charge is -2.31. The zero-order valence-electron chi connectivity index (χ0n) is 8.54. The maximum absolute atomic E-state index is 11.6. The Morgan fingerprint density at radius 3 is 2.85 bits per heavy atom. The Kier molecular flexibility index (Phi) is 3.90. The van der Waals surface area contributed by atoms with Gasteiger partial charge in [-0.25, -0.2) is 4.79 Å². The predicted octanol–water partition coefficient (Wildman–Crippen LogP) is 1.54. The first kappa shape index (κ1) is 10.7. The molecule has 3 nitrogen and oxygen atoms in total. The van der Waals surface area contributed by atoms with Gasteiger partial charge in [-0.2, -0.15) is 11.8 Å². The molecule has 1 aliphatic heterocycles. The van der Waals surface area contributed by atoms with Gasteiger partial charge in [0.05, 0.1) is 0 Å².